The molecule has 3 N–H and O–H groups in total. The molecule has 0 bridgehead atoms. The lowest BCUT2D eigenvalue weighted by molar-refractivity contribution is 0.1000. The topological polar surface area (TPSA) is 91.6 Å². The van der Waals surface area contributed by atoms with E-state index >= 15 is 0 Å². The number of nitrogens with zero attached hydrogens (tertiary/aromatic N) is 3. The molecule has 1 aromatic rings. The predicted octanol–water partition coefficient (Wildman–Crippen LogP) is 3.41. The van der Waals surface area contributed by atoms with Crippen LogP contribution in [-0.4, -0.2) is 53.5 Å². The molecular formula is C21H32ClN5O2. The Morgan fingerprint density at radius 3 is 2.52 bits per heavy atom. The molecule has 2 aliphatic heterocycles. The highest BCUT2D eigenvalue weighted by molar-refractivity contribution is 6.33. The van der Waals surface area contributed by atoms with E-state index in [-0.39, 0.29) is 12.1 Å². The van der Waals surface area contributed by atoms with Gasteiger partial charge in [0.15, 0.2) is 0 Å². The fourth-order valence-electron chi connectivity index (χ4n) is 4.50. The quantitative estimate of drug-likeness (QED) is 0.779. The SMILES string of the molecule is CC(C)NC(=O)N1CCCCC[C@H]1C1CCN(c2ncc(C(N)=O)cc2Cl)CC1. The van der Waals surface area contributed by atoms with Gasteiger partial charge < -0.3 is 20.9 Å². The second kappa shape index (κ2) is 9.65. The summed E-state index contributed by atoms with van der Waals surface area (Å²) in [5, 5.41) is 3.53. The number of carbonyl (C=O) groups is 2. The number of urea groups is 1. The summed E-state index contributed by atoms with van der Waals surface area (Å²) in [7, 11) is 0. The van der Waals surface area contributed by atoms with Crippen LogP contribution >= 0.6 is 11.6 Å². The number of carbonyl (C=O) groups excluding carboxylic acids is 2. The summed E-state index contributed by atoms with van der Waals surface area (Å²) >= 11 is 6.35. The zero-order valence-corrected chi connectivity index (χ0v) is 18.1. The molecule has 2 aliphatic rings. The van der Waals surface area contributed by atoms with Crippen molar-refractivity contribution in [2.24, 2.45) is 11.7 Å². The maximum absolute atomic E-state index is 12.8. The number of hydrogen-bond acceptors (Lipinski definition) is 4. The molecule has 0 aliphatic carbocycles. The molecule has 3 amide bonds. The third-order valence-corrected chi connectivity index (χ3v) is 6.24. The maximum atomic E-state index is 12.8. The van der Waals surface area contributed by atoms with Gasteiger partial charge in [0, 0.05) is 37.9 Å². The van der Waals surface area contributed by atoms with Gasteiger partial charge in [0.25, 0.3) is 0 Å². The number of amides is 3. The fourth-order valence-corrected chi connectivity index (χ4v) is 4.79. The van der Waals surface area contributed by atoms with Gasteiger partial charge in [0.05, 0.1) is 10.6 Å². The molecule has 3 heterocycles. The van der Waals surface area contributed by atoms with Crippen LogP contribution in [0.5, 0.6) is 0 Å². The van der Waals surface area contributed by atoms with Gasteiger partial charge in [-0.05, 0) is 51.5 Å². The van der Waals surface area contributed by atoms with Crippen LogP contribution in [0.4, 0.5) is 10.6 Å². The second-order valence-corrected chi connectivity index (χ2v) is 8.84. The lowest BCUT2D eigenvalue weighted by atomic mass is 9.86. The third kappa shape index (κ3) is 5.32. The van der Waals surface area contributed by atoms with Gasteiger partial charge in [-0.25, -0.2) is 9.78 Å². The van der Waals surface area contributed by atoms with Crippen LogP contribution in [0.15, 0.2) is 12.3 Å². The lowest BCUT2D eigenvalue weighted by Gasteiger charge is -2.41. The molecule has 0 radical (unpaired) electrons. The minimum atomic E-state index is -0.530. The normalized spacial score (nSPS) is 21.2. The minimum absolute atomic E-state index is 0.0704. The number of rotatable bonds is 4. The molecule has 0 saturated carbocycles. The van der Waals surface area contributed by atoms with Crippen LogP contribution < -0.4 is 16.0 Å². The Hall–Kier alpha value is -2.02. The van der Waals surface area contributed by atoms with E-state index in [0.29, 0.717) is 28.4 Å². The van der Waals surface area contributed by atoms with Crippen molar-refractivity contribution in [3.8, 4) is 0 Å². The lowest BCUT2D eigenvalue weighted by Crippen LogP contribution is -2.52. The molecule has 1 atom stereocenters. The fraction of sp³-hybridized carbons (Fsp3) is 0.667. The monoisotopic (exact) mass is 421 g/mol. The van der Waals surface area contributed by atoms with E-state index in [2.05, 4.69) is 20.1 Å². The number of hydrogen-bond donors (Lipinski definition) is 2. The van der Waals surface area contributed by atoms with Gasteiger partial charge in [-0.2, -0.15) is 0 Å². The van der Waals surface area contributed by atoms with Crippen LogP contribution in [0, 0.1) is 5.92 Å². The first-order valence-corrected chi connectivity index (χ1v) is 11.0. The molecule has 7 nitrogen and oxygen atoms in total. The number of pyridine rings is 1. The van der Waals surface area contributed by atoms with Crippen molar-refractivity contribution >= 4 is 29.4 Å². The molecule has 2 fully saturated rings. The summed E-state index contributed by atoms with van der Waals surface area (Å²) in [6.45, 7) is 6.52. The van der Waals surface area contributed by atoms with Crippen molar-refractivity contribution in [3.63, 3.8) is 0 Å². The third-order valence-electron chi connectivity index (χ3n) is 5.96. The standard InChI is InChI=1S/C21H32ClN5O2/c1-14(2)25-21(29)27-9-5-3-4-6-18(27)15-7-10-26(11-8-15)20-17(22)12-16(13-24-20)19(23)28/h12-15,18H,3-11H2,1-2H3,(H2,23,28)(H,25,29)/t18-/m0/s1. The van der Waals surface area contributed by atoms with E-state index in [1.807, 2.05) is 13.8 Å². The Morgan fingerprint density at radius 1 is 1.17 bits per heavy atom. The van der Waals surface area contributed by atoms with Gasteiger partial charge in [0.2, 0.25) is 5.91 Å². The van der Waals surface area contributed by atoms with Gasteiger partial charge >= 0.3 is 6.03 Å². The summed E-state index contributed by atoms with van der Waals surface area (Å²) in [5.74, 6) is 0.647. The number of likely N-dealkylation sites (tertiary alicyclic amines) is 1. The predicted molar refractivity (Wildman–Crippen MR) is 115 cm³/mol. The van der Waals surface area contributed by atoms with E-state index in [9.17, 15) is 9.59 Å². The molecule has 8 heteroatoms. The first-order valence-electron chi connectivity index (χ1n) is 10.6. The molecule has 3 rings (SSSR count). The first kappa shape index (κ1) is 21.7. The van der Waals surface area contributed by atoms with E-state index in [0.717, 1.165) is 45.3 Å². The molecule has 2 saturated heterocycles. The van der Waals surface area contributed by atoms with Crippen molar-refractivity contribution in [1.29, 1.82) is 0 Å². The van der Waals surface area contributed by atoms with E-state index in [1.165, 1.54) is 19.0 Å². The van der Waals surface area contributed by atoms with Crippen molar-refractivity contribution < 1.29 is 9.59 Å². The number of piperidine rings is 1. The van der Waals surface area contributed by atoms with Gasteiger partial charge in [0.1, 0.15) is 5.82 Å². The zero-order chi connectivity index (χ0) is 21.0. The maximum Gasteiger partial charge on any atom is 0.317 e. The molecule has 0 unspecified atom stereocenters. The summed E-state index contributed by atoms with van der Waals surface area (Å²) in [5.41, 5.74) is 5.62. The summed E-state index contributed by atoms with van der Waals surface area (Å²) in [4.78, 5) is 32.7. The number of halogens is 1. The number of anilines is 1. The van der Waals surface area contributed by atoms with E-state index in [1.54, 1.807) is 6.07 Å². The highest BCUT2D eigenvalue weighted by atomic mass is 35.5. The van der Waals surface area contributed by atoms with Crippen LogP contribution in [0.1, 0.15) is 62.7 Å². The Kier molecular flexibility index (Phi) is 7.22. The summed E-state index contributed by atoms with van der Waals surface area (Å²) in [6.07, 6.45) is 7.98. The van der Waals surface area contributed by atoms with E-state index < -0.39 is 5.91 Å². The number of nitrogens with one attached hydrogen (secondary N) is 1. The van der Waals surface area contributed by atoms with Crippen LogP contribution in [0.2, 0.25) is 5.02 Å². The number of primary amides is 1. The summed E-state index contributed by atoms with van der Waals surface area (Å²) < 4.78 is 0. The van der Waals surface area contributed by atoms with Crippen molar-refractivity contribution in [3.05, 3.63) is 22.8 Å². The Balaban J connectivity index is 1.66. The van der Waals surface area contributed by atoms with Gasteiger partial charge in [-0.15, -0.1) is 0 Å². The molecule has 1 aromatic heterocycles. The summed E-state index contributed by atoms with van der Waals surface area (Å²) in [6, 6.07) is 2.09. The molecule has 0 aromatic carbocycles. The average molecular weight is 422 g/mol. The van der Waals surface area contributed by atoms with Crippen molar-refractivity contribution in [1.82, 2.24) is 15.2 Å². The Morgan fingerprint density at radius 2 is 1.90 bits per heavy atom. The smallest absolute Gasteiger partial charge is 0.317 e. The number of nitrogens with two attached hydrogens (primary N) is 1. The van der Waals surface area contributed by atoms with Crippen molar-refractivity contribution in [2.75, 3.05) is 24.5 Å². The minimum Gasteiger partial charge on any atom is -0.366 e. The molecule has 0 spiro atoms. The highest BCUT2D eigenvalue weighted by Crippen LogP contribution is 2.33. The van der Waals surface area contributed by atoms with Crippen LogP contribution in [0.3, 0.4) is 0 Å². The van der Waals surface area contributed by atoms with Crippen LogP contribution in [-0.2, 0) is 0 Å². The van der Waals surface area contributed by atoms with Gasteiger partial charge in [-0.1, -0.05) is 24.4 Å². The Bertz CT molecular complexity index is 734. The average Bonchev–Trinajstić information content (AvgIpc) is 2.93. The highest BCUT2D eigenvalue weighted by Gasteiger charge is 2.34. The first-order chi connectivity index (χ1) is 13.9. The molecule has 160 valence electrons. The largest absolute Gasteiger partial charge is 0.366 e. The molecule has 29 heavy (non-hydrogen) atoms. The Labute approximate surface area is 178 Å². The van der Waals surface area contributed by atoms with Crippen molar-refractivity contribution in [2.45, 2.75) is 64.5 Å². The molecular weight excluding hydrogens is 390 g/mol. The number of aromatic nitrogens is 1. The zero-order valence-electron chi connectivity index (χ0n) is 17.4. The second-order valence-electron chi connectivity index (χ2n) is 8.43. The van der Waals surface area contributed by atoms with Crippen LogP contribution in [0.25, 0.3) is 0 Å². The van der Waals surface area contributed by atoms with E-state index in [4.69, 9.17) is 17.3 Å². The van der Waals surface area contributed by atoms with Gasteiger partial charge in [-0.3, -0.25) is 4.79 Å².